The van der Waals surface area contributed by atoms with Gasteiger partial charge in [-0.05, 0) is 23.3 Å². The molecule has 0 saturated carbocycles. The van der Waals surface area contributed by atoms with Crippen molar-refractivity contribution >= 4 is 23.3 Å². The molecule has 0 aliphatic carbocycles. The summed E-state index contributed by atoms with van der Waals surface area (Å²) in [7, 11) is 0. The maximum atomic E-state index is 13.6. The molecule has 1 aromatic heterocycles. The molecule has 1 fully saturated rings. The Labute approximate surface area is 190 Å². The van der Waals surface area contributed by atoms with Crippen molar-refractivity contribution in [1.82, 2.24) is 9.96 Å². The molecule has 1 N–H and O–H groups in total. The molecule has 2 bridgehead atoms. The quantitative estimate of drug-likeness (QED) is 0.532. The predicted molar refractivity (Wildman–Crippen MR) is 113 cm³/mol. The lowest BCUT2D eigenvalue weighted by atomic mass is 9.97. The summed E-state index contributed by atoms with van der Waals surface area (Å²) in [4.78, 5) is 32.6. The summed E-state index contributed by atoms with van der Waals surface area (Å²) in [6.07, 6.45) is -4.56. The van der Waals surface area contributed by atoms with Gasteiger partial charge in [-0.2, -0.15) is 18.2 Å². The van der Waals surface area contributed by atoms with Crippen molar-refractivity contribution in [2.24, 2.45) is 0 Å². The summed E-state index contributed by atoms with van der Waals surface area (Å²) in [5.74, 6) is -1.24. The Kier molecular flexibility index (Phi) is 5.13. The largest absolute Gasteiger partial charge is 0.479 e. The molecule has 3 aromatic rings. The maximum Gasteiger partial charge on any atom is 0.417 e. The number of fused-ring (bicyclic) bond motifs is 4. The number of amides is 2. The van der Waals surface area contributed by atoms with Gasteiger partial charge in [0.2, 0.25) is 0 Å². The fourth-order valence-corrected chi connectivity index (χ4v) is 5.62. The molecule has 10 heteroatoms. The molecular weight excluding hydrogens is 457 g/mol. The number of nitrogens with zero attached hydrogens (tertiary/aromatic N) is 2. The van der Waals surface area contributed by atoms with Crippen molar-refractivity contribution < 1.29 is 32.7 Å². The fraction of sp³-hybridized carbons (Fsp3) is 0.217. The molecule has 170 valence electrons. The van der Waals surface area contributed by atoms with Gasteiger partial charge in [-0.25, -0.2) is 9.59 Å². The highest BCUT2D eigenvalue weighted by atomic mass is 32.1. The zero-order valence-corrected chi connectivity index (χ0v) is 17.8. The lowest BCUT2D eigenvalue weighted by molar-refractivity contribution is -0.143. The Balaban J connectivity index is 1.55. The number of benzene rings is 2. The first-order valence-electron chi connectivity index (χ1n) is 10.1. The molecule has 0 radical (unpaired) electrons. The van der Waals surface area contributed by atoms with Gasteiger partial charge in [0.05, 0.1) is 12.1 Å². The van der Waals surface area contributed by atoms with Crippen LogP contribution in [0.1, 0.15) is 33.7 Å². The van der Waals surface area contributed by atoms with E-state index in [1.54, 1.807) is 6.07 Å². The molecule has 1 saturated heterocycles. The van der Waals surface area contributed by atoms with Crippen molar-refractivity contribution in [2.45, 2.75) is 24.9 Å². The van der Waals surface area contributed by atoms with Gasteiger partial charge < -0.3 is 10.0 Å². The maximum absolute atomic E-state index is 13.6. The molecule has 2 aliphatic rings. The van der Waals surface area contributed by atoms with Crippen LogP contribution in [0.3, 0.4) is 0 Å². The standard InChI is InChI=1S/C23H17F3N2O4S/c24-23(25,26)16-9-5-4-8-14(16)18-10-15-17-11-27(19(21(29)30)20(15)33-18)22(31)28(17)32-12-13-6-2-1-3-7-13/h1-10,17,19H,11-12H2,(H,29,30)/t17-,19+/m1/s1. The number of rotatable bonds is 5. The van der Waals surface area contributed by atoms with Crippen molar-refractivity contribution in [1.29, 1.82) is 0 Å². The van der Waals surface area contributed by atoms with Crippen LogP contribution in [-0.4, -0.2) is 33.6 Å². The molecular formula is C23H17F3N2O4S. The third-order valence-electron chi connectivity index (χ3n) is 5.74. The second-order valence-corrected chi connectivity index (χ2v) is 8.83. The van der Waals surface area contributed by atoms with E-state index in [9.17, 15) is 27.9 Å². The van der Waals surface area contributed by atoms with E-state index in [4.69, 9.17) is 4.84 Å². The molecule has 2 aliphatic heterocycles. The number of carboxylic acid groups (broad SMARTS) is 1. The molecule has 0 spiro atoms. The molecule has 2 atom stereocenters. The number of hydrogen-bond acceptors (Lipinski definition) is 4. The lowest BCUT2D eigenvalue weighted by Crippen LogP contribution is -2.37. The Morgan fingerprint density at radius 3 is 2.52 bits per heavy atom. The minimum Gasteiger partial charge on any atom is -0.479 e. The molecule has 33 heavy (non-hydrogen) atoms. The van der Waals surface area contributed by atoms with Crippen LogP contribution in [0.4, 0.5) is 18.0 Å². The van der Waals surface area contributed by atoms with E-state index in [0.29, 0.717) is 15.3 Å². The first-order valence-corrected chi connectivity index (χ1v) is 10.9. The van der Waals surface area contributed by atoms with Crippen molar-refractivity contribution in [2.75, 3.05) is 6.54 Å². The van der Waals surface area contributed by atoms with Crippen LogP contribution in [0.15, 0.2) is 60.7 Å². The summed E-state index contributed by atoms with van der Waals surface area (Å²) in [6, 6.07) is 13.4. The summed E-state index contributed by atoms with van der Waals surface area (Å²) in [6.45, 7) is 0.173. The van der Waals surface area contributed by atoms with Crippen molar-refractivity contribution in [3.8, 4) is 10.4 Å². The summed E-state index contributed by atoms with van der Waals surface area (Å²) in [5, 5.41) is 11.0. The monoisotopic (exact) mass is 474 g/mol. The number of urea groups is 1. The average molecular weight is 474 g/mol. The third kappa shape index (κ3) is 3.65. The highest BCUT2D eigenvalue weighted by Gasteiger charge is 2.52. The van der Waals surface area contributed by atoms with Crippen LogP contribution in [0.25, 0.3) is 10.4 Å². The molecule has 3 heterocycles. The summed E-state index contributed by atoms with van der Waals surface area (Å²) in [5.41, 5.74) is 0.494. The van der Waals surface area contributed by atoms with Crippen molar-refractivity contribution in [3.05, 3.63) is 82.2 Å². The highest BCUT2D eigenvalue weighted by Crippen LogP contribution is 2.50. The average Bonchev–Trinajstić information content (AvgIpc) is 3.34. The molecule has 2 amide bonds. The van der Waals surface area contributed by atoms with Gasteiger partial charge in [-0.15, -0.1) is 11.3 Å². The molecule has 6 nitrogen and oxygen atoms in total. The number of alkyl halides is 3. The number of carboxylic acids is 1. The molecule has 0 unspecified atom stereocenters. The number of hydroxylamine groups is 2. The SMILES string of the molecule is O=C(O)[C@@H]1c2sc(-c3ccccc3C(F)(F)F)cc2[C@H]2CN1C(=O)N2OCc1ccccc1. The predicted octanol–water partition coefficient (Wildman–Crippen LogP) is 5.48. The van der Waals surface area contributed by atoms with E-state index in [0.717, 1.165) is 28.0 Å². The smallest absolute Gasteiger partial charge is 0.417 e. The van der Waals surface area contributed by atoms with Crippen LogP contribution >= 0.6 is 11.3 Å². The van der Waals surface area contributed by atoms with E-state index in [-0.39, 0.29) is 18.7 Å². The second kappa shape index (κ2) is 7.89. The highest BCUT2D eigenvalue weighted by molar-refractivity contribution is 7.16. The van der Waals surface area contributed by atoms with Gasteiger partial charge >= 0.3 is 18.2 Å². The summed E-state index contributed by atoms with van der Waals surface area (Å²) < 4.78 is 40.7. The number of carbonyl (C=O) groups is 2. The topological polar surface area (TPSA) is 70.1 Å². The van der Waals surface area contributed by atoms with Crippen LogP contribution < -0.4 is 0 Å². The minimum atomic E-state index is -4.56. The first-order chi connectivity index (χ1) is 15.8. The lowest BCUT2D eigenvalue weighted by Gasteiger charge is -2.27. The van der Waals surface area contributed by atoms with Crippen molar-refractivity contribution in [3.63, 3.8) is 0 Å². The van der Waals surface area contributed by atoms with Gasteiger partial charge in [-0.3, -0.25) is 4.84 Å². The first kappa shape index (κ1) is 21.5. The van der Waals surface area contributed by atoms with Gasteiger partial charge in [-0.1, -0.05) is 48.5 Å². The van der Waals surface area contributed by atoms with Gasteiger partial charge in [0.15, 0.2) is 6.04 Å². The number of carbonyl (C=O) groups excluding carboxylic acids is 1. The number of hydrogen-bond donors (Lipinski definition) is 1. The van der Waals surface area contributed by atoms with Gasteiger partial charge in [0.25, 0.3) is 0 Å². The third-order valence-corrected chi connectivity index (χ3v) is 6.98. The van der Waals surface area contributed by atoms with Gasteiger partial charge in [0.1, 0.15) is 12.6 Å². The number of aliphatic carboxylic acids is 1. The van der Waals surface area contributed by atoms with E-state index in [1.807, 2.05) is 30.3 Å². The van der Waals surface area contributed by atoms with Crippen LogP contribution in [0.5, 0.6) is 0 Å². The molecule has 2 aromatic carbocycles. The Morgan fingerprint density at radius 1 is 1.12 bits per heavy atom. The number of thiophene rings is 1. The zero-order chi connectivity index (χ0) is 23.3. The normalized spacial score (nSPS) is 19.7. The number of halogens is 3. The van der Waals surface area contributed by atoms with E-state index in [1.165, 1.54) is 23.1 Å². The Bertz CT molecular complexity index is 1230. The summed E-state index contributed by atoms with van der Waals surface area (Å²) >= 11 is 0.964. The van der Waals surface area contributed by atoms with E-state index in [2.05, 4.69) is 0 Å². The molecule has 5 rings (SSSR count). The fourth-order valence-electron chi connectivity index (χ4n) is 4.26. The van der Waals surface area contributed by atoms with Gasteiger partial charge in [0, 0.05) is 15.3 Å². The van der Waals surface area contributed by atoms with E-state index >= 15 is 0 Å². The van der Waals surface area contributed by atoms with Crippen LogP contribution in [0.2, 0.25) is 0 Å². The van der Waals surface area contributed by atoms with Crippen LogP contribution in [-0.2, 0) is 22.4 Å². The second-order valence-electron chi connectivity index (χ2n) is 7.75. The van der Waals surface area contributed by atoms with Crippen LogP contribution in [0, 0.1) is 0 Å². The Morgan fingerprint density at radius 2 is 1.82 bits per heavy atom. The Hall–Kier alpha value is -3.37. The zero-order valence-electron chi connectivity index (χ0n) is 17.0. The minimum absolute atomic E-state index is 0.0255. The van der Waals surface area contributed by atoms with E-state index < -0.39 is 35.8 Å².